The van der Waals surface area contributed by atoms with Gasteiger partial charge in [-0.2, -0.15) is 0 Å². The van der Waals surface area contributed by atoms with E-state index in [0.717, 1.165) is 27.8 Å². The van der Waals surface area contributed by atoms with Gasteiger partial charge in [0.05, 0.1) is 16.4 Å². The van der Waals surface area contributed by atoms with E-state index in [0.29, 0.717) is 11.5 Å². The Kier molecular flexibility index (Phi) is 4.45. The van der Waals surface area contributed by atoms with Crippen molar-refractivity contribution in [1.29, 1.82) is 0 Å². The molecule has 4 nitrogen and oxygen atoms in total. The second-order valence-electron chi connectivity index (χ2n) is 10.1. The van der Waals surface area contributed by atoms with Crippen molar-refractivity contribution in [3.05, 3.63) is 121 Å². The lowest BCUT2D eigenvalue weighted by Crippen LogP contribution is -2.03. The highest BCUT2D eigenvalue weighted by atomic mass is 32.1. The van der Waals surface area contributed by atoms with Gasteiger partial charge >= 0.3 is 0 Å². The van der Waals surface area contributed by atoms with E-state index < -0.39 is 0 Å². The summed E-state index contributed by atoms with van der Waals surface area (Å²) in [7, 11) is 0. The molecule has 4 heterocycles. The Morgan fingerprint density at radius 1 is 0.550 bits per heavy atom. The number of nitrogens with zero attached hydrogens (tertiary/aromatic N) is 4. The zero-order chi connectivity index (χ0) is 26.2. The zero-order valence-electron chi connectivity index (χ0n) is 21.2. The summed E-state index contributed by atoms with van der Waals surface area (Å²) in [5.41, 5.74) is 3.95. The number of aromatic nitrogens is 4. The average molecular weight is 529 g/mol. The molecule has 0 saturated carbocycles. The lowest BCUT2D eigenvalue weighted by atomic mass is 10.1. The van der Waals surface area contributed by atoms with E-state index in [1.807, 2.05) is 12.3 Å². The minimum atomic E-state index is 0.685. The van der Waals surface area contributed by atoms with Crippen LogP contribution in [0, 0.1) is 0 Å². The summed E-state index contributed by atoms with van der Waals surface area (Å²) < 4.78 is 4.74. The monoisotopic (exact) mass is 528 g/mol. The molecule has 9 aromatic rings. The number of hydrogen-bond acceptors (Lipinski definition) is 4. The maximum atomic E-state index is 5.33. The molecule has 5 aromatic carbocycles. The van der Waals surface area contributed by atoms with Crippen LogP contribution in [0.5, 0.6) is 0 Å². The fourth-order valence-corrected chi connectivity index (χ4v) is 7.26. The van der Waals surface area contributed by atoms with Crippen LogP contribution in [0.3, 0.4) is 0 Å². The Balaban J connectivity index is 1.42. The van der Waals surface area contributed by atoms with Crippen LogP contribution in [0.25, 0.3) is 81.0 Å². The molecule has 5 heteroatoms. The normalized spacial score (nSPS) is 12.0. The van der Waals surface area contributed by atoms with Gasteiger partial charge in [-0.1, -0.05) is 72.8 Å². The van der Waals surface area contributed by atoms with Crippen LogP contribution in [0.1, 0.15) is 0 Å². The van der Waals surface area contributed by atoms with Crippen LogP contribution < -0.4 is 0 Å². The summed E-state index contributed by atoms with van der Waals surface area (Å²) in [5, 5.41) is 8.25. The largest absolute Gasteiger partial charge is 0.293 e. The number of para-hydroxylation sites is 1. The van der Waals surface area contributed by atoms with Gasteiger partial charge < -0.3 is 0 Å². The van der Waals surface area contributed by atoms with E-state index in [4.69, 9.17) is 15.0 Å². The minimum Gasteiger partial charge on any atom is -0.293 e. The average Bonchev–Trinajstić information content (AvgIpc) is 3.55. The summed E-state index contributed by atoms with van der Waals surface area (Å²) in [6, 6.07) is 40.7. The number of fused-ring (bicyclic) bond motifs is 8. The Bertz CT molecular complexity index is 2450. The van der Waals surface area contributed by atoms with Crippen LogP contribution in [-0.4, -0.2) is 19.5 Å². The predicted octanol–water partition coefficient (Wildman–Crippen LogP) is 9.31. The zero-order valence-corrected chi connectivity index (χ0v) is 22.1. The Morgan fingerprint density at radius 2 is 1.30 bits per heavy atom. The van der Waals surface area contributed by atoms with Crippen LogP contribution in [0.4, 0.5) is 0 Å². The molecule has 40 heavy (non-hydrogen) atoms. The molecule has 0 spiro atoms. The summed E-state index contributed by atoms with van der Waals surface area (Å²) >= 11 is 1.79. The molecular weight excluding hydrogens is 508 g/mol. The molecule has 0 amide bonds. The molecule has 0 aliphatic heterocycles. The molecular formula is C35H20N4S. The minimum absolute atomic E-state index is 0.685. The van der Waals surface area contributed by atoms with E-state index in [9.17, 15) is 0 Å². The number of thiophene rings is 1. The first-order valence-electron chi connectivity index (χ1n) is 13.3. The third kappa shape index (κ3) is 3.04. The van der Waals surface area contributed by atoms with Crippen molar-refractivity contribution in [3.8, 4) is 17.2 Å². The van der Waals surface area contributed by atoms with Gasteiger partial charge in [-0.25, -0.2) is 15.0 Å². The van der Waals surface area contributed by atoms with Gasteiger partial charge in [-0.15, -0.1) is 11.3 Å². The van der Waals surface area contributed by atoms with Crippen molar-refractivity contribution >= 4 is 75.1 Å². The molecule has 0 unspecified atom stereocenters. The number of benzene rings is 5. The Labute approximate surface area is 232 Å². The third-order valence-electron chi connectivity index (χ3n) is 7.85. The number of hydrogen-bond donors (Lipinski definition) is 0. The molecule has 4 aromatic heterocycles. The molecule has 0 saturated heterocycles. The first-order chi connectivity index (χ1) is 19.8. The summed E-state index contributed by atoms with van der Waals surface area (Å²) in [4.78, 5) is 15.1. The molecule has 0 radical (unpaired) electrons. The van der Waals surface area contributed by atoms with Gasteiger partial charge in [0.1, 0.15) is 0 Å². The van der Waals surface area contributed by atoms with Gasteiger partial charge in [-0.3, -0.25) is 4.57 Å². The van der Waals surface area contributed by atoms with Gasteiger partial charge in [-0.05, 0) is 53.2 Å². The maximum Gasteiger partial charge on any atom is 0.165 e. The van der Waals surface area contributed by atoms with Crippen LogP contribution in [0.15, 0.2) is 121 Å². The van der Waals surface area contributed by atoms with Crippen molar-refractivity contribution in [3.63, 3.8) is 0 Å². The van der Waals surface area contributed by atoms with Gasteiger partial charge in [0.2, 0.25) is 0 Å². The highest BCUT2D eigenvalue weighted by Gasteiger charge is 2.20. The van der Waals surface area contributed by atoms with Crippen LogP contribution >= 0.6 is 11.3 Å². The van der Waals surface area contributed by atoms with Crippen molar-refractivity contribution in [2.75, 3.05) is 0 Å². The smallest absolute Gasteiger partial charge is 0.165 e. The van der Waals surface area contributed by atoms with Crippen LogP contribution in [0.2, 0.25) is 0 Å². The molecule has 0 bridgehead atoms. The quantitative estimate of drug-likeness (QED) is 0.225. The van der Waals surface area contributed by atoms with Crippen molar-refractivity contribution in [2.24, 2.45) is 0 Å². The van der Waals surface area contributed by atoms with E-state index in [1.165, 1.54) is 41.7 Å². The molecule has 0 fully saturated rings. The first kappa shape index (κ1) is 21.8. The Morgan fingerprint density at radius 3 is 2.23 bits per heavy atom. The van der Waals surface area contributed by atoms with E-state index in [1.54, 1.807) is 11.3 Å². The molecule has 0 atom stereocenters. The second kappa shape index (κ2) is 8.18. The maximum absolute atomic E-state index is 5.33. The molecule has 0 aliphatic rings. The fourth-order valence-electron chi connectivity index (χ4n) is 6.04. The summed E-state index contributed by atoms with van der Waals surface area (Å²) in [6.45, 7) is 0. The van der Waals surface area contributed by atoms with E-state index in [2.05, 4.69) is 114 Å². The first-order valence-corrected chi connectivity index (χ1v) is 14.1. The van der Waals surface area contributed by atoms with Crippen LogP contribution in [-0.2, 0) is 0 Å². The molecule has 9 rings (SSSR count). The fraction of sp³-hybridized carbons (Fsp3) is 0. The lowest BCUT2D eigenvalue weighted by Gasteiger charge is -2.12. The molecule has 0 N–H and O–H groups in total. The molecule has 0 aliphatic carbocycles. The second-order valence-corrected chi connectivity index (χ2v) is 11.1. The van der Waals surface area contributed by atoms with Gasteiger partial charge in [0, 0.05) is 42.7 Å². The highest BCUT2D eigenvalue weighted by molar-refractivity contribution is 7.26. The van der Waals surface area contributed by atoms with E-state index >= 15 is 0 Å². The standard InChI is InChI=1S/C35H20N4S/c1-2-10-22-20-30-28(19-21(22)9-1)23-11-3-5-16-29(23)39(30)35-27-15-8-18-36-33(27)37-34(38-35)26-14-7-13-25-24-12-4-6-17-31(24)40-32(25)26/h1-20H. The summed E-state index contributed by atoms with van der Waals surface area (Å²) in [6.07, 6.45) is 1.81. The Hall–Kier alpha value is -5.13. The number of rotatable bonds is 2. The topological polar surface area (TPSA) is 43.6 Å². The van der Waals surface area contributed by atoms with Gasteiger partial charge in [0.25, 0.3) is 0 Å². The number of pyridine rings is 1. The van der Waals surface area contributed by atoms with Crippen molar-refractivity contribution in [2.45, 2.75) is 0 Å². The van der Waals surface area contributed by atoms with Crippen molar-refractivity contribution < 1.29 is 0 Å². The van der Waals surface area contributed by atoms with E-state index in [-0.39, 0.29) is 0 Å². The molecule has 186 valence electrons. The van der Waals surface area contributed by atoms with Crippen molar-refractivity contribution in [1.82, 2.24) is 19.5 Å². The SMILES string of the molecule is c1ccc2cc3c(cc2c1)c1ccccc1n3-c1nc(-c2cccc3c2sc2ccccc23)nc2ncccc12. The lowest BCUT2D eigenvalue weighted by molar-refractivity contribution is 1.07. The highest BCUT2D eigenvalue weighted by Crippen LogP contribution is 2.40. The summed E-state index contributed by atoms with van der Waals surface area (Å²) in [5.74, 6) is 1.53. The predicted molar refractivity (Wildman–Crippen MR) is 168 cm³/mol. The third-order valence-corrected chi connectivity index (χ3v) is 9.07. The van der Waals surface area contributed by atoms with Gasteiger partial charge in [0.15, 0.2) is 17.3 Å².